The number of hydrogen-bond acceptors (Lipinski definition) is 5. The minimum Gasteiger partial charge on any atom is -0.352 e. The second-order valence-electron chi connectivity index (χ2n) is 5.80. The van der Waals surface area contributed by atoms with E-state index in [1.807, 2.05) is 10.3 Å². The Labute approximate surface area is 128 Å². The molecule has 0 bridgehead atoms. The summed E-state index contributed by atoms with van der Waals surface area (Å²) in [6, 6.07) is 2.08. The summed E-state index contributed by atoms with van der Waals surface area (Å²) in [4.78, 5) is 26.1. The third-order valence-corrected chi connectivity index (χ3v) is 4.58. The molecule has 0 unspecified atom stereocenters. The predicted molar refractivity (Wildman–Crippen MR) is 85.7 cm³/mol. The largest absolute Gasteiger partial charge is 0.352 e. The van der Waals surface area contributed by atoms with Gasteiger partial charge in [0.15, 0.2) is 0 Å². The minimum absolute atomic E-state index is 0.271. The Morgan fingerprint density at radius 3 is 2.76 bits per heavy atom. The van der Waals surface area contributed by atoms with Gasteiger partial charge in [-0.05, 0) is 17.4 Å². The van der Waals surface area contributed by atoms with Crippen LogP contribution in [0.5, 0.6) is 0 Å². The minimum atomic E-state index is 0.271. The Bertz CT molecular complexity index is 631. The molecule has 5 nitrogen and oxygen atoms in total. The van der Waals surface area contributed by atoms with E-state index in [0.29, 0.717) is 12.3 Å². The monoisotopic (exact) mass is 304 g/mol. The van der Waals surface area contributed by atoms with Crippen LogP contribution in [0.4, 0.5) is 5.82 Å². The molecule has 1 fully saturated rings. The fourth-order valence-corrected chi connectivity index (χ4v) is 3.40. The Kier molecular flexibility index (Phi) is 4.05. The summed E-state index contributed by atoms with van der Waals surface area (Å²) in [7, 11) is 0. The molecule has 3 rings (SSSR count). The molecule has 3 heterocycles. The molecular weight excluding hydrogens is 284 g/mol. The molecule has 0 N–H and O–H groups in total. The number of fused-ring (bicyclic) bond motifs is 1. The van der Waals surface area contributed by atoms with Crippen LogP contribution in [0, 0.1) is 5.92 Å². The number of carbonyl (C=O) groups excluding carboxylic acids is 1. The van der Waals surface area contributed by atoms with E-state index >= 15 is 0 Å². The van der Waals surface area contributed by atoms with Crippen molar-refractivity contribution < 1.29 is 4.79 Å². The molecule has 0 atom stereocenters. The summed E-state index contributed by atoms with van der Waals surface area (Å²) < 4.78 is 0. The van der Waals surface area contributed by atoms with Gasteiger partial charge in [0.1, 0.15) is 17.0 Å². The molecule has 0 saturated carbocycles. The lowest BCUT2D eigenvalue weighted by Crippen LogP contribution is -2.49. The van der Waals surface area contributed by atoms with E-state index in [-0.39, 0.29) is 5.91 Å². The lowest BCUT2D eigenvalue weighted by Gasteiger charge is -2.36. The van der Waals surface area contributed by atoms with Gasteiger partial charge in [-0.15, -0.1) is 11.3 Å². The number of rotatable bonds is 3. The van der Waals surface area contributed by atoms with Gasteiger partial charge in [-0.25, -0.2) is 9.97 Å². The smallest absolute Gasteiger partial charge is 0.222 e. The van der Waals surface area contributed by atoms with Crippen molar-refractivity contribution in [2.75, 3.05) is 31.1 Å². The molecule has 0 radical (unpaired) electrons. The highest BCUT2D eigenvalue weighted by Crippen LogP contribution is 2.27. The summed E-state index contributed by atoms with van der Waals surface area (Å²) in [5, 5.41) is 3.16. The number of aromatic nitrogens is 2. The number of thiophene rings is 1. The van der Waals surface area contributed by atoms with Crippen LogP contribution >= 0.6 is 11.3 Å². The predicted octanol–water partition coefficient (Wildman–Crippen LogP) is 2.39. The van der Waals surface area contributed by atoms with Gasteiger partial charge in [-0.2, -0.15) is 0 Å². The first-order chi connectivity index (χ1) is 10.1. The van der Waals surface area contributed by atoms with E-state index in [9.17, 15) is 4.79 Å². The number of anilines is 1. The molecule has 1 saturated heterocycles. The fourth-order valence-electron chi connectivity index (χ4n) is 2.67. The lowest BCUT2D eigenvalue weighted by atomic mass is 10.1. The standard InChI is InChI=1S/C15H20N4OS/c1-11(2)9-13(20)18-4-6-19(7-5-18)14-12-3-8-21-15(12)17-10-16-14/h3,8,10-11H,4-7,9H2,1-2H3. The molecule has 112 valence electrons. The SMILES string of the molecule is CC(C)CC(=O)N1CCN(c2ncnc3sccc23)CC1. The summed E-state index contributed by atoms with van der Waals surface area (Å²) in [5.41, 5.74) is 0. The third kappa shape index (κ3) is 3.00. The summed E-state index contributed by atoms with van der Waals surface area (Å²) >= 11 is 1.64. The van der Waals surface area contributed by atoms with Crippen LogP contribution in [0.2, 0.25) is 0 Å². The second-order valence-corrected chi connectivity index (χ2v) is 6.70. The molecule has 0 spiro atoms. The van der Waals surface area contributed by atoms with Crippen LogP contribution in [-0.2, 0) is 4.79 Å². The Hall–Kier alpha value is -1.69. The van der Waals surface area contributed by atoms with Crippen molar-refractivity contribution in [3.05, 3.63) is 17.8 Å². The molecule has 2 aromatic heterocycles. The van der Waals surface area contributed by atoms with E-state index in [2.05, 4.69) is 34.8 Å². The molecule has 1 amide bonds. The van der Waals surface area contributed by atoms with Crippen molar-refractivity contribution >= 4 is 33.3 Å². The van der Waals surface area contributed by atoms with Crippen LogP contribution in [-0.4, -0.2) is 47.0 Å². The van der Waals surface area contributed by atoms with Gasteiger partial charge in [-0.3, -0.25) is 4.79 Å². The fraction of sp³-hybridized carbons (Fsp3) is 0.533. The molecular formula is C15H20N4OS. The number of nitrogens with zero attached hydrogens (tertiary/aromatic N) is 4. The maximum Gasteiger partial charge on any atom is 0.222 e. The van der Waals surface area contributed by atoms with E-state index in [4.69, 9.17) is 0 Å². The summed E-state index contributed by atoms with van der Waals surface area (Å²) in [6.07, 6.45) is 2.27. The molecule has 1 aliphatic rings. The van der Waals surface area contributed by atoms with Crippen molar-refractivity contribution in [3.8, 4) is 0 Å². The summed E-state index contributed by atoms with van der Waals surface area (Å²) in [5.74, 6) is 1.69. The van der Waals surface area contributed by atoms with Crippen LogP contribution in [0.25, 0.3) is 10.2 Å². The first-order valence-electron chi connectivity index (χ1n) is 7.36. The lowest BCUT2D eigenvalue weighted by molar-refractivity contribution is -0.132. The van der Waals surface area contributed by atoms with Crippen LogP contribution in [0.15, 0.2) is 17.8 Å². The zero-order valence-electron chi connectivity index (χ0n) is 12.5. The average molecular weight is 304 g/mol. The molecule has 6 heteroatoms. The van der Waals surface area contributed by atoms with Crippen molar-refractivity contribution in [1.82, 2.24) is 14.9 Å². The van der Waals surface area contributed by atoms with Gasteiger partial charge in [0.2, 0.25) is 5.91 Å². The molecule has 0 aliphatic carbocycles. The first-order valence-corrected chi connectivity index (χ1v) is 8.24. The average Bonchev–Trinajstić information content (AvgIpc) is 2.95. The van der Waals surface area contributed by atoms with Crippen LogP contribution in [0.3, 0.4) is 0 Å². The summed E-state index contributed by atoms with van der Waals surface area (Å²) in [6.45, 7) is 7.41. The number of carbonyl (C=O) groups is 1. The highest BCUT2D eigenvalue weighted by molar-refractivity contribution is 7.16. The molecule has 2 aromatic rings. The number of amides is 1. The van der Waals surface area contributed by atoms with E-state index in [1.54, 1.807) is 17.7 Å². The van der Waals surface area contributed by atoms with Crippen molar-refractivity contribution in [1.29, 1.82) is 0 Å². The van der Waals surface area contributed by atoms with Gasteiger partial charge >= 0.3 is 0 Å². The highest BCUT2D eigenvalue weighted by Gasteiger charge is 2.23. The number of hydrogen-bond donors (Lipinski definition) is 0. The Morgan fingerprint density at radius 2 is 2.05 bits per heavy atom. The van der Waals surface area contributed by atoms with Gasteiger partial charge < -0.3 is 9.80 Å². The van der Waals surface area contributed by atoms with Crippen LogP contribution in [0.1, 0.15) is 20.3 Å². The van der Waals surface area contributed by atoms with Crippen molar-refractivity contribution in [2.45, 2.75) is 20.3 Å². The molecule has 0 aromatic carbocycles. The van der Waals surface area contributed by atoms with Crippen molar-refractivity contribution in [3.63, 3.8) is 0 Å². The van der Waals surface area contributed by atoms with Crippen molar-refractivity contribution in [2.24, 2.45) is 5.92 Å². The van der Waals surface area contributed by atoms with E-state index in [1.165, 1.54) is 0 Å². The van der Waals surface area contributed by atoms with E-state index < -0.39 is 0 Å². The Morgan fingerprint density at radius 1 is 1.29 bits per heavy atom. The first kappa shape index (κ1) is 14.3. The molecule has 21 heavy (non-hydrogen) atoms. The quantitative estimate of drug-likeness (QED) is 0.873. The van der Waals surface area contributed by atoms with Gasteiger partial charge in [0.25, 0.3) is 0 Å². The van der Waals surface area contributed by atoms with Gasteiger partial charge in [0.05, 0.1) is 5.39 Å². The van der Waals surface area contributed by atoms with Gasteiger partial charge in [0, 0.05) is 32.6 Å². The molecule has 1 aliphatic heterocycles. The Balaban J connectivity index is 1.68. The highest BCUT2D eigenvalue weighted by atomic mass is 32.1. The third-order valence-electron chi connectivity index (χ3n) is 3.76. The van der Waals surface area contributed by atoms with E-state index in [0.717, 1.165) is 42.2 Å². The maximum atomic E-state index is 12.1. The zero-order chi connectivity index (χ0) is 14.8. The normalized spacial score (nSPS) is 16.0. The zero-order valence-corrected chi connectivity index (χ0v) is 13.3. The topological polar surface area (TPSA) is 49.3 Å². The maximum absolute atomic E-state index is 12.1. The second kappa shape index (κ2) is 5.97. The number of piperazine rings is 1. The van der Waals surface area contributed by atoms with Gasteiger partial charge in [-0.1, -0.05) is 13.8 Å². The van der Waals surface area contributed by atoms with Crippen LogP contribution < -0.4 is 4.90 Å².